The number of hydrogen-bond acceptors (Lipinski definition) is 6. The first kappa shape index (κ1) is 15.2. The van der Waals surface area contributed by atoms with Crippen molar-refractivity contribution in [2.45, 2.75) is 18.9 Å². The minimum Gasteiger partial charge on any atom is -0.391 e. The first-order valence-corrected chi connectivity index (χ1v) is 7.64. The van der Waals surface area contributed by atoms with E-state index in [1.807, 2.05) is 24.5 Å². The zero-order valence-electron chi connectivity index (χ0n) is 12.7. The maximum absolute atomic E-state index is 9.56. The summed E-state index contributed by atoms with van der Waals surface area (Å²) in [5, 5.41) is 23.1. The highest BCUT2D eigenvalue weighted by atomic mass is 16.5. The zero-order chi connectivity index (χ0) is 15.4. The Morgan fingerprint density at radius 1 is 1.45 bits per heavy atom. The number of aromatic amines is 1. The molecule has 2 aliphatic rings. The van der Waals surface area contributed by atoms with Crippen LogP contribution >= 0.6 is 0 Å². The molecule has 0 spiro atoms. The summed E-state index contributed by atoms with van der Waals surface area (Å²) in [6.07, 6.45) is 9.12. The summed E-state index contributed by atoms with van der Waals surface area (Å²) in [7, 11) is 0. The molecule has 2 atom stereocenters. The van der Waals surface area contributed by atoms with Crippen molar-refractivity contribution in [2.24, 2.45) is 0 Å². The van der Waals surface area contributed by atoms with Gasteiger partial charge >= 0.3 is 0 Å². The molecule has 3 rings (SSSR count). The number of aliphatic hydroxyl groups is 1. The molecule has 0 saturated carbocycles. The number of dihydropyridines is 1. The van der Waals surface area contributed by atoms with Crippen molar-refractivity contribution in [1.29, 1.82) is 0 Å². The van der Waals surface area contributed by atoms with Crippen molar-refractivity contribution in [2.75, 3.05) is 32.8 Å². The van der Waals surface area contributed by atoms with Gasteiger partial charge in [0.1, 0.15) is 0 Å². The molecule has 1 aromatic rings. The van der Waals surface area contributed by atoms with Gasteiger partial charge in [-0.05, 0) is 13.0 Å². The molecule has 0 aromatic carbocycles. The van der Waals surface area contributed by atoms with Crippen LogP contribution in [0.5, 0.6) is 0 Å². The fourth-order valence-corrected chi connectivity index (χ4v) is 2.69. The van der Waals surface area contributed by atoms with E-state index < -0.39 is 12.0 Å². The Kier molecular flexibility index (Phi) is 4.58. The first-order valence-electron chi connectivity index (χ1n) is 7.64. The van der Waals surface area contributed by atoms with Crippen LogP contribution in [0.25, 0.3) is 5.57 Å². The molecule has 0 aliphatic carbocycles. The average Bonchev–Trinajstić information content (AvgIpc) is 3.09. The Hall–Kier alpha value is -1.67. The molecule has 1 fully saturated rings. The first-order chi connectivity index (χ1) is 10.7. The SMILES string of the molecule is CC(O)CO[C@]1(N2CCNCC2)C=CC(c2cn[nH]c2)=CN1. The minimum absolute atomic E-state index is 0.274. The zero-order valence-corrected chi connectivity index (χ0v) is 12.7. The second-order valence-electron chi connectivity index (χ2n) is 5.66. The molecule has 0 radical (unpaired) electrons. The van der Waals surface area contributed by atoms with Crippen molar-refractivity contribution in [3.63, 3.8) is 0 Å². The topological polar surface area (TPSA) is 85.4 Å². The van der Waals surface area contributed by atoms with Crippen molar-refractivity contribution < 1.29 is 9.84 Å². The number of aromatic nitrogens is 2. The molecule has 0 amide bonds. The predicted molar refractivity (Wildman–Crippen MR) is 83.6 cm³/mol. The number of rotatable bonds is 5. The third-order valence-electron chi connectivity index (χ3n) is 3.89. The maximum atomic E-state index is 9.56. The lowest BCUT2D eigenvalue weighted by Crippen LogP contribution is -2.63. The summed E-state index contributed by atoms with van der Waals surface area (Å²) in [5.41, 5.74) is 2.06. The number of allylic oxidation sites excluding steroid dienone is 2. The summed E-state index contributed by atoms with van der Waals surface area (Å²) >= 11 is 0. The molecule has 1 saturated heterocycles. The van der Waals surface area contributed by atoms with Crippen LogP contribution in [0.1, 0.15) is 12.5 Å². The van der Waals surface area contributed by atoms with E-state index in [0.29, 0.717) is 0 Å². The van der Waals surface area contributed by atoms with E-state index in [0.717, 1.165) is 37.3 Å². The lowest BCUT2D eigenvalue weighted by atomic mass is 10.1. The second kappa shape index (κ2) is 6.62. The lowest BCUT2D eigenvalue weighted by molar-refractivity contribution is -0.155. The quantitative estimate of drug-likeness (QED) is 0.606. The summed E-state index contributed by atoms with van der Waals surface area (Å²) in [6.45, 7) is 5.61. The van der Waals surface area contributed by atoms with Gasteiger partial charge in [-0.25, -0.2) is 0 Å². The largest absolute Gasteiger partial charge is 0.391 e. The highest BCUT2D eigenvalue weighted by Crippen LogP contribution is 2.25. The third kappa shape index (κ3) is 3.22. The predicted octanol–water partition coefficient (Wildman–Crippen LogP) is -0.134. The standard InChI is InChI=1S/C15H23N5O2/c1-12(21)11-22-15(20-6-4-16-5-7-20)3-2-13(8-17-15)14-9-18-19-10-14/h2-3,8-10,12,16-17,21H,4-7,11H2,1H3,(H,18,19)/t12?,15-/m1/s1. The molecular weight excluding hydrogens is 282 g/mol. The number of ether oxygens (including phenoxy) is 1. The van der Waals surface area contributed by atoms with E-state index in [4.69, 9.17) is 4.74 Å². The molecule has 0 bridgehead atoms. The number of nitrogens with zero attached hydrogens (tertiary/aromatic N) is 2. The van der Waals surface area contributed by atoms with E-state index in [1.165, 1.54) is 0 Å². The Bertz CT molecular complexity index is 534. The molecule has 2 aliphatic heterocycles. The van der Waals surface area contributed by atoms with Gasteiger partial charge in [-0.3, -0.25) is 10.00 Å². The van der Waals surface area contributed by atoms with E-state index in [-0.39, 0.29) is 6.61 Å². The molecule has 7 heteroatoms. The van der Waals surface area contributed by atoms with E-state index in [9.17, 15) is 5.11 Å². The van der Waals surface area contributed by atoms with Gasteiger partial charge in [-0.1, -0.05) is 6.08 Å². The molecule has 1 unspecified atom stereocenters. The number of H-pyrrole nitrogens is 1. The van der Waals surface area contributed by atoms with Crippen molar-refractivity contribution >= 4 is 5.57 Å². The van der Waals surface area contributed by atoms with Gasteiger partial charge in [-0.2, -0.15) is 5.10 Å². The summed E-state index contributed by atoms with van der Waals surface area (Å²) < 4.78 is 6.02. The van der Waals surface area contributed by atoms with Gasteiger partial charge in [0.25, 0.3) is 0 Å². The fraction of sp³-hybridized carbons (Fsp3) is 0.533. The van der Waals surface area contributed by atoms with Crippen LogP contribution in [0.2, 0.25) is 0 Å². The molecular formula is C15H23N5O2. The van der Waals surface area contributed by atoms with Crippen LogP contribution in [0.4, 0.5) is 0 Å². The molecule has 120 valence electrons. The number of aliphatic hydroxyl groups excluding tert-OH is 1. The van der Waals surface area contributed by atoms with Crippen molar-refractivity contribution in [3.05, 3.63) is 36.3 Å². The van der Waals surface area contributed by atoms with Crippen molar-refractivity contribution in [3.8, 4) is 0 Å². The summed E-state index contributed by atoms with van der Waals surface area (Å²) in [6, 6.07) is 0. The van der Waals surface area contributed by atoms with Crippen molar-refractivity contribution in [1.82, 2.24) is 25.7 Å². The van der Waals surface area contributed by atoms with Gasteiger partial charge < -0.3 is 20.5 Å². The van der Waals surface area contributed by atoms with Gasteiger partial charge in [0.2, 0.25) is 5.85 Å². The highest BCUT2D eigenvalue weighted by Gasteiger charge is 2.37. The third-order valence-corrected chi connectivity index (χ3v) is 3.89. The number of piperazine rings is 1. The molecule has 4 N–H and O–H groups in total. The van der Waals surface area contributed by atoms with Crippen LogP contribution in [0.3, 0.4) is 0 Å². The van der Waals surface area contributed by atoms with Gasteiger partial charge in [0, 0.05) is 49.7 Å². The van der Waals surface area contributed by atoms with Crippen LogP contribution in [0, 0.1) is 0 Å². The normalized spacial score (nSPS) is 27.3. The highest BCUT2D eigenvalue weighted by molar-refractivity contribution is 5.74. The average molecular weight is 305 g/mol. The van der Waals surface area contributed by atoms with Crippen LogP contribution in [-0.2, 0) is 4.74 Å². The second-order valence-corrected chi connectivity index (χ2v) is 5.66. The lowest BCUT2D eigenvalue weighted by Gasteiger charge is -2.45. The molecule has 22 heavy (non-hydrogen) atoms. The van der Waals surface area contributed by atoms with E-state index in [1.54, 1.807) is 13.1 Å². The smallest absolute Gasteiger partial charge is 0.218 e. The monoisotopic (exact) mass is 305 g/mol. The van der Waals surface area contributed by atoms with Crippen LogP contribution in [-0.4, -0.2) is 64.9 Å². The summed E-state index contributed by atoms with van der Waals surface area (Å²) in [4.78, 5) is 2.24. The van der Waals surface area contributed by atoms with Crippen LogP contribution < -0.4 is 10.6 Å². The Morgan fingerprint density at radius 3 is 2.86 bits per heavy atom. The summed E-state index contributed by atoms with van der Waals surface area (Å²) in [5.74, 6) is -0.702. The van der Waals surface area contributed by atoms with E-state index >= 15 is 0 Å². The Balaban J connectivity index is 1.77. The van der Waals surface area contributed by atoms with Crippen LogP contribution in [0.15, 0.2) is 30.7 Å². The number of nitrogens with one attached hydrogen (secondary N) is 3. The fourth-order valence-electron chi connectivity index (χ4n) is 2.69. The molecule has 1 aromatic heterocycles. The van der Waals surface area contributed by atoms with Gasteiger partial charge in [0.15, 0.2) is 0 Å². The molecule has 3 heterocycles. The minimum atomic E-state index is -0.702. The van der Waals surface area contributed by atoms with Gasteiger partial charge in [-0.15, -0.1) is 0 Å². The Labute approximate surface area is 130 Å². The Morgan fingerprint density at radius 2 is 2.27 bits per heavy atom. The molecule has 7 nitrogen and oxygen atoms in total. The number of hydrogen-bond donors (Lipinski definition) is 4. The maximum Gasteiger partial charge on any atom is 0.218 e. The van der Waals surface area contributed by atoms with E-state index in [2.05, 4.69) is 25.7 Å². The van der Waals surface area contributed by atoms with Gasteiger partial charge in [0.05, 0.1) is 18.9 Å².